The highest BCUT2D eigenvalue weighted by atomic mass is 35.5. The Balaban J connectivity index is 1.50. The molecule has 0 spiro atoms. The minimum absolute atomic E-state index is 0.162. The topological polar surface area (TPSA) is 41.9 Å². The van der Waals surface area contributed by atoms with Crippen molar-refractivity contribution >= 4 is 63.5 Å². The van der Waals surface area contributed by atoms with Crippen LogP contribution in [0.1, 0.15) is 22.3 Å². The van der Waals surface area contributed by atoms with Crippen molar-refractivity contribution in [1.29, 1.82) is 0 Å². The molecule has 4 nitrogen and oxygen atoms in total. The highest BCUT2D eigenvalue weighted by Crippen LogP contribution is 2.39. The number of nitrogens with zero attached hydrogens (tertiary/aromatic N) is 2. The standard InChI is InChI=1S/C31H24Cl2N2O2S/c1-20-6-11-26(12-7-20)34-31-35(27-13-8-21(2)9-14-27)30(36)29(38-31)18-23-17-25(33)10-15-28(23)37-19-22-4-3-5-24(32)16-22/h3-18H,19H2,1-2H3/b29-18-,34-31?. The summed E-state index contributed by atoms with van der Waals surface area (Å²) in [7, 11) is 0. The second kappa shape index (κ2) is 11.5. The number of thioether (sulfide) groups is 1. The van der Waals surface area contributed by atoms with E-state index in [0.29, 0.717) is 38.0 Å². The molecule has 0 radical (unpaired) electrons. The van der Waals surface area contributed by atoms with Gasteiger partial charge in [0.25, 0.3) is 5.91 Å². The third kappa shape index (κ3) is 6.13. The van der Waals surface area contributed by atoms with E-state index in [-0.39, 0.29) is 5.91 Å². The normalized spacial score (nSPS) is 15.5. The van der Waals surface area contributed by atoms with Gasteiger partial charge >= 0.3 is 0 Å². The molecule has 1 aliphatic rings. The summed E-state index contributed by atoms with van der Waals surface area (Å²) in [4.78, 5) is 20.7. The van der Waals surface area contributed by atoms with Gasteiger partial charge in [0.15, 0.2) is 5.17 Å². The molecule has 190 valence electrons. The monoisotopic (exact) mass is 558 g/mol. The number of aryl methyl sites for hydroxylation is 2. The molecule has 4 aromatic rings. The van der Waals surface area contributed by atoms with E-state index >= 15 is 0 Å². The second-order valence-corrected chi connectivity index (χ2v) is 10.8. The van der Waals surface area contributed by atoms with E-state index in [4.69, 9.17) is 32.9 Å². The molecule has 0 bridgehead atoms. The first kappa shape index (κ1) is 26.1. The van der Waals surface area contributed by atoms with Crippen LogP contribution in [0.25, 0.3) is 6.08 Å². The van der Waals surface area contributed by atoms with Crippen molar-refractivity contribution in [1.82, 2.24) is 0 Å². The van der Waals surface area contributed by atoms with Crippen LogP contribution < -0.4 is 9.64 Å². The number of benzene rings is 4. The summed E-state index contributed by atoms with van der Waals surface area (Å²) >= 11 is 13.8. The van der Waals surface area contributed by atoms with E-state index in [9.17, 15) is 4.79 Å². The Labute approximate surface area is 236 Å². The van der Waals surface area contributed by atoms with E-state index in [0.717, 1.165) is 28.1 Å². The van der Waals surface area contributed by atoms with Crippen molar-refractivity contribution in [3.05, 3.63) is 128 Å². The number of carbonyl (C=O) groups is 1. The van der Waals surface area contributed by atoms with Crippen LogP contribution in [0.4, 0.5) is 11.4 Å². The van der Waals surface area contributed by atoms with E-state index in [1.54, 1.807) is 17.0 Å². The number of carbonyl (C=O) groups excluding carboxylic acids is 1. The van der Waals surface area contributed by atoms with Crippen molar-refractivity contribution in [2.75, 3.05) is 4.90 Å². The molecule has 0 saturated carbocycles. The SMILES string of the molecule is Cc1ccc(N=C2S/C(=C\c3cc(Cl)ccc3OCc3cccc(Cl)c3)C(=O)N2c2ccc(C)cc2)cc1. The lowest BCUT2D eigenvalue weighted by molar-refractivity contribution is -0.113. The Morgan fingerprint density at radius 3 is 2.26 bits per heavy atom. The molecule has 1 heterocycles. The Morgan fingerprint density at radius 1 is 0.868 bits per heavy atom. The molecule has 1 amide bonds. The number of amides is 1. The summed E-state index contributed by atoms with van der Waals surface area (Å²) in [6, 6.07) is 28.6. The highest BCUT2D eigenvalue weighted by molar-refractivity contribution is 8.19. The van der Waals surface area contributed by atoms with Gasteiger partial charge in [-0.05, 0) is 91.8 Å². The van der Waals surface area contributed by atoms with Gasteiger partial charge < -0.3 is 4.74 Å². The van der Waals surface area contributed by atoms with E-state index in [1.807, 2.05) is 98.8 Å². The summed E-state index contributed by atoms with van der Waals surface area (Å²) in [5.41, 5.74) is 5.43. The van der Waals surface area contributed by atoms with E-state index in [2.05, 4.69) is 0 Å². The van der Waals surface area contributed by atoms with Gasteiger partial charge in [-0.3, -0.25) is 9.69 Å². The fraction of sp³-hybridized carbons (Fsp3) is 0.0968. The third-order valence-electron chi connectivity index (χ3n) is 5.90. The Kier molecular flexibility index (Phi) is 7.89. The molecule has 0 aromatic heterocycles. The maximum Gasteiger partial charge on any atom is 0.271 e. The summed E-state index contributed by atoms with van der Waals surface area (Å²) < 4.78 is 6.11. The number of hydrogen-bond donors (Lipinski definition) is 0. The first-order valence-corrected chi connectivity index (χ1v) is 13.6. The maximum absolute atomic E-state index is 13.7. The molecule has 1 aliphatic heterocycles. The highest BCUT2D eigenvalue weighted by Gasteiger charge is 2.35. The summed E-state index contributed by atoms with van der Waals surface area (Å²) in [5.74, 6) is 0.451. The van der Waals surface area contributed by atoms with Gasteiger partial charge in [0.2, 0.25) is 0 Å². The molecular weight excluding hydrogens is 535 g/mol. The van der Waals surface area contributed by atoms with Gasteiger partial charge in [-0.2, -0.15) is 0 Å². The molecule has 0 atom stereocenters. The van der Waals surface area contributed by atoms with Gasteiger partial charge in [0, 0.05) is 15.6 Å². The van der Waals surface area contributed by atoms with Gasteiger partial charge in [0.05, 0.1) is 16.3 Å². The minimum atomic E-state index is -0.162. The average Bonchev–Trinajstić information content (AvgIpc) is 3.19. The zero-order valence-corrected chi connectivity index (χ0v) is 23.1. The predicted molar refractivity (Wildman–Crippen MR) is 160 cm³/mol. The van der Waals surface area contributed by atoms with Crippen LogP contribution in [-0.2, 0) is 11.4 Å². The van der Waals surface area contributed by atoms with Crippen LogP contribution in [0, 0.1) is 13.8 Å². The molecule has 0 N–H and O–H groups in total. The minimum Gasteiger partial charge on any atom is -0.488 e. The van der Waals surface area contributed by atoms with Crippen molar-refractivity contribution in [3.63, 3.8) is 0 Å². The molecule has 38 heavy (non-hydrogen) atoms. The zero-order chi connectivity index (χ0) is 26.6. The molecule has 4 aromatic carbocycles. The smallest absolute Gasteiger partial charge is 0.271 e. The molecular formula is C31H24Cl2N2O2S. The number of halogens is 2. The molecule has 0 aliphatic carbocycles. The van der Waals surface area contributed by atoms with Crippen LogP contribution in [0.2, 0.25) is 10.0 Å². The van der Waals surface area contributed by atoms with E-state index in [1.165, 1.54) is 11.8 Å². The van der Waals surface area contributed by atoms with Crippen molar-refractivity contribution in [2.24, 2.45) is 4.99 Å². The van der Waals surface area contributed by atoms with E-state index < -0.39 is 0 Å². The number of aliphatic imine (C=N–C) groups is 1. The predicted octanol–water partition coefficient (Wildman–Crippen LogP) is 9.00. The van der Waals surface area contributed by atoms with Crippen molar-refractivity contribution in [3.8, 4) is 5.75 Å². The second-order valence-electron chi connectivity index (χ2n) is 8.92. The van der Waals surface area contributed by atoms with Gasteiger partial charge in [0.1, 0.15) is 12.4 Å². The fourth-order valence-electron chi connectivity index (χ4n) is 3.89. The van der Waals surface area contributed by atoms with Gasteiger partial charge in [-0.15, -0.1) is 0 Å². The lowest BCUT2D eigenvalue weighted by Crippen LogP contribution is -2.28. The van der Waals surface area contributed by atoms with Crippen LogP contribution in [0.3, 0.4) is 0 Å². The zero-order valence-electron chi connectivity index (χ0n) is 20.8. The lowest BCUT2D eigenvalue weighted by atomic mass is 10.1. The van der Waals surface area contributed by atoms with Crippen LogP contribution in [-0.4, -0.2) is 11.1 Å². The number of rotatable bonds is 6. The molecule has 5 rings (SSSR count). The largest absolute Gasteiger partial charge is 0.488 e. The lowest BCUT2D eigenvalue weighted by Gasteiger charge is -2.16. The fourth-order valence-corrected chi connectivity index (χ4v) is 5.28. The number of ether oxygens (including phenoxy) is 1. The van der Waals surface area contributed by atoms with Gasteiger partial charge in [-0.1, -0.05) is 70.7 Å². The maximum atomic E-state index is 13.7. The number of amidine groups is 1. The van der Waals surface area contributed by atoms with Crippen LogP contribution in [0.15, 0.2) is 101 Å². The first-order chi connectivity index (χ1) is 18.4. The summed E-state index contributed by atoms with van der Waals surface area (Å²) in [6.07, 6.45) is 1.81. The Morgan fingerprint density at radius 2 is 1.55 bits per heavy atom. The Hall–Kier alpha value is -3.51. The number of hydrogen-bond acceptors (Lipinski definition) is 4. The quantitative estimate of drug-likeness (QED) is 0.222. The van der Waals surface area contributed by atoms with Crippen LogP contribution in [0.5, 0.6) is 5.75 Å². The Bertz CT molecular complexity index is 1550. The molecule has 7 heteroatoms. The molecule has 1 fully saturated rings. The van der Waals surface area contributed by atoms with Gasteiger partial charge in [-0.25, -0.2) is 4.99 Å². The van der Waals surface area contributed by atoms with Crippen LogP contribution >= 0.6 is 35.0 Å². The van der Waals surface area contributed by atoms with Crippen molar-refractivity contribution < 1.29 is 9.53 Å². The molecule has 0 unspecified atom stereocenters. The number of anilines is 1. The summed E-state index contributed by atoms with van der Waals surface area (Å²) in [6.45, 7) is 4.37. The first-order valence-electron chi connectivity index (χ1n) is 12.0. The third-order valence-corrected chi connectivity index (χ3v) is 7.34. The van der Waals surface area contributed by atoms with Crippen molar-refractivity contribution in [2.45, 2.75) is 20.5 Å². The molecule has 1 saturated heterocycles. The average molecular weight is 560 g/mol. The summed E-state index contributed by atoms with van der Waals surface area (Å²) in [5, 5.41) is 1.78.